The predicted octanol–water partition coefficient (Wildman–Crippen LogP) is 4.35. The molecule has 1 unspecified atom stereocenters. The van der Waals surface area contributed by atoms with Crippen molar-refractivity contribution in [2.24, 2.45) is 11.8 Å². The second-order valence-corrected chi connectivity index (χ2v) is 7.97. The fraction of sp³-hybridized carbons (Fsp3) is 1.00. The van der Waals surface area contributed by atoms with Gasteiger partial charge in [-0.05, 0) is 58.9 Å². The molecule has 0 aromatic carbocycles. The zero-order chi connectivity index (χ0) is 15.0. The van der Waals surface area contributed by atoms with Crippen LogP contribution in [0.2, 0.25) is 0 Å². The Bertz CT molecular complexity index is 236. The largest absolute Gasteiger partial charge is 0.313 e. The molecule has 1 fully saturated rings. The highest BCUT2D eigenvalue weighted by molar-refractivity contribution is 4.78. The molecule has 20 heavy (non-hydrogen) atoms. The van der Waals surface area contributed by atoms with Crippen molar-refractivity contribution in [3.63, 3.8) is 0 Å². The lowest BCUT2D eigenvalue weighted by Gasteiger charge is -2.30. The predicted molar refractivity (Wildman–Crippen MR) is 90.2 cm³/mol. The summed E-state index contributed by atoms with van der Waals surface area (Å²) in [6.07, 6.45) is 10.1. The summed E-state index contributed by atoms with van der Waals surface area (Å²) in [6.45, 7) is 13.6. The molecule has 1 aliphatic rings. The van der Waals surface area contributed by atoms with Crippen LogP contribution in [0.3, 0.4) is 0 Å². The lowest BCUT2D eigenvalue weighted by molar-refractivity contribution is 0.247. The van der Waals surface area contributed by atoms with Gasteiger partial charge < -0.3 is 10.6 Å². The molecule has 0 amide bonds. The highest BCUT2D eigenvalue weighted by atomic mass is 15.0. The molecule has 1 rings (SSSR count). The number of hydrogen-bond acceptors (Lipinski definition) is 2. The van der Waals surface area contributed by atoms with E-state index in [4.69, 9.17) is 0 Å². The topological polar surface area (TPSA) is 24.1 Å². The van der Waals surface area contributed by atoms with Gasteiger partial charge in [0.25, 0.3) is 0 Å². The van der Waals surface area contributed by atoms with Crippen LogP contribution < -0.4 is 10.6 Å². The van der Waals surface area contributed by atoms with Gasteiger partial charge in [0.2, 0.25) is 0 Å². The van der Waals surface area contributed by atoms with Gasteiger partial charge in [-0.3, -0.25) is 0 Å². The van der Waals surface area contributed by atoms with E-state index in [-0.39, 0.29) is 5.54 Å². The molecular weight excluding hydrogens is 244 g/mol. The molecule has 2 N–H and O–H groups in total. The van der Waals surface area contributed by atoms with E-state index < -0.39 is 0 Å². The minimum absolute atomic E-state index is 0.229. The molecule has 0 spiro atoms. The summed E-state index contributed by atoms with van der Waals surface area (Å²) in [7, 11) is 0. The third-order valence-electron chi connectivity index (χ3n) is 4.63. The summed E-state index contributed by atoms with van der Waals surface area (Å²) in [6, 6.07) is 0.576. The molecule has 1 atom stereocenters. The van der Waals surface area contributed by atoms with Crippen molar-refractivity contribution in [1.29, 1.82) is 0 Å². The summed E-state index contributed by atoms with van der Waals surface area (Å²) in [5, 5.41) is 7.30. The zero-order valence-corrected chi connectivity index (χ0v) is 14.6. The van der Waals surface area contributed by atoms with Crippen LogP contribution in [0.15, 0.2) is 0 Å². The number of nitrogens with one attached hydrogen (secondary N) is 2. The van der Waals surface area contributed by atoms with Crippen molar-refractivity contribution in [3.8, 4) is 0 Å². The lowest BCUT2D eigenvalue weighted by Crippen LogP contribution is -2.45. The Morgan fingerprint density at radius 2 is 1.65 bits per heavy atom. The molecular formula is C18H38N2. The summed E-state index contributed by atoms with van der Waals surface area (Å²) >= 11 is 0. The van der Waals surface area contributed by atoms with Crippen molar-refractivity contribution >= 4 is 0 Å². The smallest absolute Gasteiger partial charge is 0.0164 e. The molecule has 0 bridgehead atoms. The maximum absolute atomic E-state index is 3.72. The van der Waals surface area contributed by atoms with Crippen LogP contribution in [0.4, 0.5) is 0 Å². The second kappa shape index (κ2) is 9.04. The van der Waals surface area contributed by atoms with Gasteiger partial charge >= 0.3 is 0 Å². The minimum Gasteiger partial charge on any atom is -0.313 e. The Morgan fingerprint density at radius 1 is 1.05 bits per heavy atom. The first kappa shape index (κ1) is 18.0. The van der Waals surface area contributed by atoms with Gasteiger partial charge in [-0.15, -0.1) is 0 Å². The summed E-state index contributed by atoms with van der Waals surface area (Å²) in [5.74, 6) is 1.95. The summed E-state index contributed by atoms with van der Waals surface area (Å²) < 4.78 is 0. The Balaban J connectivity index is 2.08. The molecule has 120 valence electrons. The van der Waals surface area contributed by atoms with Crippen LogP contribution in [0.25, 0.3) is 0 Å². The van der Waals surface area contributed by atoms with Crippen LogP contribution in [-0.4, -0.2) is 24.7 Å². The Hall–Kier alpha value is -0.0800. The van der Waals surface area contributed by atoms with E-state index in [2.05, 4.69) is 45.3 Å². The highest BCUT2D eigenvalue weighted by Crippen LogP contribution is 2.31. The summed E-state index contributed by atoms with van der Waals surface area (Å²) in [4.78, 5) is 0. The average molecular weight is 283 g/mol. The van der Waals surface area contributed by atoms with E-state index >= 15 is 0 Å². The van der Waals surface area contributed by atoms with Gasteiger partial charge in [0.1, 0.15) is 0 Å². The first-order valence-electron chi connectivity index (χ1n) is 8.89. The standard InChI is InChI=1S/C18H38N2/c1-6-7-8-16-9-11-17(12-10-16)14-19-15(2)13-20-18(3,4)5/h15-17,19-20H,6-14H2,1-5H3. The third kappa shape index (κ3) is 8.26. The number of rotatable bonds is 8. The van der Waals surface area contributed by atoms with E-state index in [1.54, 1.807) is 0 Å². The Labute approximate surface area is 127 Å². The minimum atomic E-state index is 0.229. The summed E-state index contributed by atoms with van der Waals surface area (Å²) in [5.41, 5.74) is 0.229. The highest BCUT2D eigenvalue weighted by Gasteiger charge is 2.21. The molecule has 2 heteroatoms. The van der Waals surface area contributed by atoms with E-state index in [1.807, 2.05) is 0 Å². The molecule has 0 radical (unpaired) electrons. The maximum atomic E-state index is 3.72. The molecule has 0 heterocycles. The van der Waals surface area contributed by atoms with E-state index in [0.29, 0.717) is 6.04 Å². The molecule has 0 aliphatic heterocycles. The van der Waals surface area contributed by atoms with Crippen molar-refractivity contribution < 1.29 is 0 Å². The quantitative estimate of drug-likeness (QED) is 0.691. The first-order chi connectivity index (χ1) is 9.40. The van der Waals surface area contributed by atoms with Gasteiger partial charge in [0, 0.05) is 18.1 Å². The molecule has 1 aliphatic carbocycles. The van der Waals surface area contributed by atoms with Crippen molar-refractivity contribution in [2.45, 2.75) is 91.1 Å². The van der Waals surface area contributed by atoms with E-state index in [9.17, 15) is 0 Å². The van der Waals surface area contributed by atoms with E-state index in [0.717, 1.165) is 18.4 Å². The average Bonchev–Trinajstić information content (AvgIpc) is 2.41. The molecule has 1 saturated carbocycles. The van der Waals surface area contributed by atoms with Gasteiger partial charge in [-0.2, -0.15) is 0 Å². The zero-order valence-electron chi connectivity index (χ0n) is 14.6. The fourth-order valence-electron chi connectivity index (χ4n) is 3.12. The molecule has 0 saturated heterocycles. The van der Waals surface area contributed by atoms with Crippen LogP contribution in [0.1, 0.15) is 79.6 Å². The second-order valence-electron chi connectivity index (χ2n) is 7.97. The van der Waals surface area contributed by atoms with Crippen molar-refractivity contribution in [3.05, 3.63) is 0 Å². The normalized spacial score (nSPS) is 25.6. The Morgan fingerprint density at radius 3 is 2.20 bits per heavy atom. The van der Waals surface area contributed by atoms with Crippen LogP contribution in [-0.2, 0) is 0 Å². The van der Waals surface area contributed by atoms with Gasteiger partial charge in [0.15, 0.2) is 0 Å². The van der Waals surface area contributed by atoms with Crippen LogP contribution in [0, 0.1) is 11.8 Å². The van der Waals surface area contributed by atoms with Crippen molar-refractivity contribution in [1.82, 2.24) is 10.6 Å². The molecule has 2 nitrogen and oxygen atoms in total. The van der Waals surface area contributed by atoms with Crippen LogP contribution in [0.5, 0.6) is 0 Å². The third-order valence-corrected chi connectivity index (χ3v) is 4.63. The lowest BCUT2D eigenvalue weighted by atomic mass is 9.80. The number of hydrogen-bond donors (Lipinski definition) is 2. The fourth-order valence-corrected chi connectivity index (χ4v) is 3.12. The monoisotopic (exact) mass is 282 g/mol. The maximum Gasteiger partial charge on any atom is 0.0164 e. The van der Waals surface area contributed by atoms with Gasteiger partial charge in [-0.1, -0.05) is 39.0 Å². The van der Waals surface area contributed by atoms with Crippen LogP contribution >= 0.6 is 0 Å². The van der Waals surface area contributed by atoms with Gasteiger partial charge in [0.05, 0.1) is 0 Å². The molecule has 0 aromatic heterocycles. The first-order valence-corrected chi connectivity index (χ1v) is 8.89. The Kier molecular flexibility index (Phi) is 8.13. The number of unbranched alkanes of at least 4 members (excludes halogenated alkanes) is 1. The van der Waals surface area contributed by atoms with E-state index in [1.165, 1.54) is 51.5 Å². The SMILES string of the molecule is CCCCC1CCC(CNC(C)CNC(C)(C)C)CC1. The van der Waals surface area contributed by atoms with Gasteiger partial charge in [-0.25, -0.2) is 0 Å². The molecule has 0 aromatic rings. The van der Waals surface area contributed by atoms with Crippen molar-refractivity contribution in [2.75, 3.05) is 13.1 Å².